The topological polar surface area (TPSA) is 50.2 Å². The van der Waals surface area contributed by atoms with Gasteiger partial charge in [-0.05, 0) is 31.3 Å². The van der Waals surface area contributed by atoms with Gasteiger partial charge in [0.25, 0.3) is 0 Å². The summed E-state index contributed by atoms with van der Waals surface area (Å²) in [7, 11) is 3.71. The molecule has 112 valence electrons. The van der Waals surface area contributed by atoms with Gasteiger partial charge in [-0.3, -0.25) is 9.69 Å². The summed E-state index contributed by atoms with van der Waals surface area (Å²) in [6.45, 7) is 0.831. The van der Waals surface area contributed by atoms with Crippen LogP contribution in [0.2, 0.25) is 5.15 Å². The summed E-state index contributed by atoms with van der Waals surface area (Å²) in [6, 6.07) is 7.46. The first-order chi connectivity index (χ1) is 9.95. The minimum absolute atomic E-state index is 0.0693. The van der Waals surface area contributed by atoms with Gasteiger partial charge in [0.15, 0.2) is 0 Å². The number of rotatable bonds is 5. The average Bonchev–Trinajstić information content (AvgIpc) is 2.73. The minimum atomic E-state index is -0.0693. The second-order valence-electron chi connectivity index (χ2n) is 4.78. The highest BCUT2D eigenvalue weighted by Crippen LogP contribution is 2.14. The summed E-state index contributed by atoms with van der Waals surface area (Å²) in [5.41, 5.74) is 0.775. The van der Waals surface area contributed by atoms with Crippen LogP contribution in [0.15, 0.2) is 34.9 Å². The zero-order valence-corrected chi connectivity index (χ0v) is 14.1. The zero-order chi connectivity index (χ0) is 15.4. The molecule has 2 aromatic rings. The molecule has 5 nitrogen and oxygen atoms in total. The number of amides is 1. The molecule has 0 atom stereocenters. The van der Waals surface area contributed by atoms with E-state index in [1.54, 1.807) is 10.8 Å². The first-order valence-corrected chi connectivity index (χ1v) is 7.53. The van der Waals surface area contributed by atoms with Gasteiger partial charge in [0.2, 0.25) is 5.91 Å². The first kappa shape index (κ1) is 16.0. The van der Waals surface area contributed by atoms with Gasteiger partial charge in [-0.25, -0.2) is 4.98 Å². The number of carbonyl (C=O) groups excluding carboxylic acids is 1. The third-order valence-corrected chi connectivity index (χ3v) is 3.86. The number of likely N-dealkylation sites (N-methyl/N-ethyl adjacent to an activating group) is 1. The second kappa shape index (κ2) is 7.06. The van der Waals surface area contributed by atoms with Crippen LogP contribution in [0.3, 0.4) is 0 Å². The van der Waals surface area contributed by atoms with Gasteiger partial charge in [0.05, 0.1) is 19.3 Å². The summed E-state index contributed by atoms with van der Waals surface area (Å²) in [5, 5.41) is 3.43. The van der Waals surface area contributed by atoms with Crippen LogP contribution in [0.25, 0.3) is 0 Å². The molecule has 0 saturated carbocycles. The third kappa shape index (κ3) is 4.56. The largest absolute Gasteiger partial charge is 0.325 e. The highest BCUT2D eigenvalue weighted by atomic mass is 79.9. The van der Waals surface area contributed by atoms with Crippen molar-refractivity contribution < 1.29 is 4.79 Å². The van der Waals surface area contributed by atoms with Gasteiger partial charge in [-0.2, -0.15) is 0 Å². The fourth-order valence-electron chi connectivity index (χ4n) is 1.85. The summed E-state index contributed by atoms with van der Waals surface area (Å²) in [6.07, 6.45) is 1.60. The number of imidazole rings is 1. The Morgan fingerprint density at radius 2 is 2.10 bits per heavy atom. The molecule has 1 amide bonds. The number of carbonyl (C=O) groups is 1. The van der Waals surface area contributed by atoms with E-state index >= 15 is 0 Å². The molecule has 7 heteroatoms. The molecular weight excluding hydrogens is 356 g/mol. The van der Waals surface area contributed by atoms with Crippen molar-refractivity contribution in [1.82, 2.24) is 14.5 Å². The van der Waals surface area contributed by atoms with Crippen molar-refractivity contribution in [2.75, 3.05) is 18.9 Å². The molecule has 21 heavy (non-hydrogen) atoms. The van der Waals surface area contributed by atoms with E-state index in [0.717, 1.165) is 16.0 Å². The number of benzene rings is 1. The Labute approximate surface area is 137 Å². The van der Waals surface area contributed by atoms with Crippen LogP contribution in [0.1, 0.15) is 5.82 Å². The predicted molar refractivity (Wildman–Crippen MR) is 87.3 cm³/mol. The maximum Gasteiger partial charge on any atom is 0.238 e. The van der Waals surface area contributed by atoms with Crippen molar-refractivity contribution in [3.63, 3.8) is 0 Å². The fraction of sp³-hybridized carbons (Fsp3) is 0.286. The number of nitrogens with one attached hydrogen (secondary N) is 1. The van der Waals surface area contributed by atoms with Crippen LogP contribution in [-0.2, 0) is 18.4 Å². The molecule has 0 radical (unpaired) electrons. The van der Waals surface area contributed by atoms with Gasteiger partial charge in [-0.1, -0.05) is 27.5 Å². The van der Waals surface area contributed by atoms with Crippen LogP contribution in [0.4, 0.5) is 5.69 Å². The standard InChI is InChI=1S/C14H16BrClN4O/c1-19(8-13-17-7-12(16)20(13)2)9-14(21)18-11-5-3-10(15)4-6-11/h3-7H,8-9H2,1-2H3,(H,18,21). The molecule has 0 saturated heterocycles. The molecule has 0 aliphatic heterocycles. The molecule has 1 heterocycles. The van der Waals surface area contributed by atoms with Gasteiger partial charge in [-0.15, -0.1) is 0 Å². The third-order valence-electron chi connectivity index (χ3n) is 2.98. The molecular formula is C14H16BrClN4O. The van der Waals surface area contributed by atoms with E-state index in [1.165, 1.54) is 0 Å². The number of hydrogen-bond acceptors (Lipinski definition) is 3. The Hall–Kier alpha value is -1.37. The molecule has 0 unspecified atom stereocenters. The van der Waals surface area contributed by atoms with Crippen LogP contribution < -0.4 is 5.32 Å². The molecule has 0 spiro atoms. The lowest BCUT2D eigenvalue weighted by atomic mass is 10.3. The van der Waals surface area contributed by atoms with Crippen LogP contribution in [0, 0.1) is 0 Å². The first-order valence-electron chi connectivity index (χ1n) is 6.36. The van der Waals surface area contributed by atoms with Crippen molar-refractivity contribution in [3.8, 4) is 0 Å². The van der Waals surface area contributed by atoms with E-state index in [9.17, 15) is 4.79 Å². The Morgan fingerprint density at radius 3 is 2.67 bits per heavy atom. The Bertz CT molecular complexity index is 626. The van der Waals surface area contributed by atoms with Gasteiger partial charge in [0, 0.05) is 17.2 Å². The van der Waals surface area contributed by atoms with Crippen LogP contribution in [0.5, 0.6) is 0 Å². The number of aromatic nitrogens is 2. The van der Waals surface area contributed by atoms with Gasteiger partial charge >= 0.3 is 0 Å². The highest BCUT2D eigenvalue weighted by Gasteiger charge is 2.11. The molecule has 1 aromatic heterocycles. The monoisotopic (exact) mass is 370 g/mol. The quantitative estimate of drug-likeness (QED) is 0.879. The number of hydrogen-bond donors (Lipinski definition) is 1. The van der Waals surface area contributed by atoms with Gasteiger partial charge in [0.1, 0.15) is 11.0 Å². The second-order valence-corrected chi connectivity index (χ2v) is 6.09. The fourth-order valence-corrected chi connectivity index (χ4v) is 2.26. The van der Waals surface area contributed by atoms with E-state index in [0.29, 0.717) is 11.7 Å². The van der Waals surface area contributed by atoms with E-state index < -0.39 is 0 Å². The average molecular weight is 372 g/mol. The molecule has 0 aliphatic carbocycles. The summed E-state index contributed by atoms with van der Waals surface area (Å²) < 4.78 is 2.77. The van der Waals surface area contributed by atoms with Crippen molar-refractivity contribution in [2.24, 2.45) is 7.05 Å². The van der Waals surface area contributed by atoms with Crippen molar-refractivity contribution in [2.45, 2.75) is 6.54 Å². The Balaban J connectivity index is 1.87. The van der Waals surface area contributed by atoms with Crippen molar-refractivity contribution in [3.05, 3.63) is 45.9 Å². The molecule has 0 fully saturated rings. The summed E-state index contributed by atoms with van der Waals surface area (Å²) in [4.78, 5) is 18.1. The van der Waals surface area contributed by atoms with Crippen LogP contribution in [-0.4, -0.2) is 34.0 Å². The number of halogens is 2. The van der Waals surface area contributed by atoms with Crippen LogP contribution >= 0.6 is 27.5 Å². The van der Waals surface area contributed by atoms with E-state index in [1.807, 2.05) is 43.3 Å². The van der Waals surface area contributed by atoms with Crippen molar-refractivity contribution in [1.29, 1.82) is 0 Å². The maximum absolute atomic E-state index is 12.0. The lowest BCUT2D eigenvalue weighted by Gasteiger charge is -2.16. The Morgan fingerprint density at radius 1 is 1.43 bits per heavy atom. The molecule has 0 bridgehead atoms. The molecule has 1 N–H and O–H groups in total. The summed E-state index contributed by atoms with van der Waals surface area (Å²) >= 11 is 9.29. The minimum Gasteiger partial charge on any atom is -0.325 e. The maximum atomic E-state index is 12.0. The SMILES string of the molecule is CN(CC(=O)Nc1ccc(Br)cc1)Cc1ncc(Cl)n1C. The Kier molecular flexibility index (Phi) is 5.39. The zero-order valence-electron chi connectivity index (χ0n) is 11.8. The lowest BCUT2D eigenvalue weighted by molar-refractivity contribution is -0.117. The normalized spacial score (nSPS) is 10.9. The van der Waals surface area contributed by atoms with E-state index in [4.69, 9.17) is 11.6 Å². The molecule has 0 aliphatic rings. The smallest absolute Gasteiger partial charge is 0.238 e. The van der Waals surface area contributed by atoms with E-state index in [-0.39, 0.29) is 12.5 Å². The van der Waals surface area contributed by atoms with Gasteiger partial charge < -0.3 is 9.88 Å². The highest BCUT2D eigenvalue weighted by molar-refractivity contribution is 9.10. The summed E-state index contributed by atoms with van der Waals surface area (Å²) in [5.74, 6) is 0.749. The number of nitrogens with zero attached hydrogens (tertiary/aromatic N) is 3. The lowest BCUT2D eigenvalue weighted by Crippen LogP contribution is -2.30. The van der Waals surface area contributed by atoms with Crippen molar-refractivity contribution >= 4 is 39.1 Å². The number of anilines is 1. The van der Waals surface area contributed by atoms with E-state index in [2.05, 4.69) is 26.2 Å². The molecule has 1 aromatic carbocycles. The predicted octanol–water partition coefficient (Wildman–Crippen LogP) is 2.91. The molecule has 2 rings (SSSR count).